The van der Waals surface area contributed by atoms with Gasteiger partial charge in [0.25, 0.3) is 0 Å². The largest absolute Gasteiger partial charge is 0.394 e. The maximum atomic E-state index is 11.7. The van der Waals surface area contributed by atoms with Crippen LogP contribution in [0.1, 0.15) is 26.2 Å². The predicted molar refractivity (Wildman–Crippen MR) is 52.3 cm³/mol. The number of rotatable bonds is 3. The Morgan fingerprint density at radius 3 is 2.71 bits per heavy atom. The van der Waals surface area contributed by atoms with Crippen molar-refractivity contribution in [1.82, 2.24) is 10.0 Å². The topological polar surface area (TPSA) is 43.8 Å². The maximum Gasteiger partial charge on any atom is 0.238 e. The van der Waals surface area contributed by atoms with Gasteiger partial charge in [-0.2, -0.15) is 0 Å². The van der Waals surface area contributed by atoms with E-state index in [1.165, 1.54) is 12.8 Å². The first kappa shape index (κ1) is 9.93. The first-order chi connectivity index (χ1) is 6.59. The van der Waals surface area contributed by atoms with Gasteiger partial charge in [-0.15, -0.1) is 0 Å². The summed E-state index contributed by atoms with van der Waals surface area (Å²) in [6.45, 7) is 2.62. The van der Waals surface area contributed by atoms with Crippen LogP contribution in [-0.2, 0) is 4.79 Å². The number of aliphatic hydroxyl groups is 1. The summed E-state index contributed by atoms with van der Waals surface area (Å²) in [7, 11) is 1.96. The number of aliphatic hydroxyl groups excluding tert-OH is 1. The first-order valence-electron chi connectivity index (χ1n) is 5.24. The zero-order valence-corrected chi connectivity index (χ0v) is 8.86. The van der Waals surface area contributed by atoms with E-state index in [4.69, 9.17) is 5.11 Å². The van der Waals surface area contributed by atoms with Gasteiger partial charge >= 0.3 is 0 Å². The number of hydrogen-bond donors (Lipinski definition) is 1. The molecule has 1 atom stereocenters. The molecular weight excluding hydrogens is 180 g/mol. The van der Waals surface area contributed by atoms with Crippen LogP contribution in [0.25, 0.3) is 0 Å². The third kappa shape index (κ3) is 1.33. The monoisotopic (exact) mass is 198 g/mol. The number of amides is 1. The van der Waals surface area contributed by atoms with Gasteiger partial charge in [0, 0.05) is 19.0 Å². The number of carbonyl (C=O) groups excluding carboxylic acids is 1. The molecule has 1 N–H and O–H groups in total. The van der Waals surface area contributed by atoms with Crippen molar-refractivity contribution in [3.8, 4) is 0 Å². The van der Waals surface area contributed by atoms with Crippen LogP contribution in [0.4, 0.5) is 0 Å². The molecule has 0 bridgehead atoms. The molecule has 0 aromatic heterocycles. The summed E-state index contributed by atoms with van der Waals surface area (Å²) in [5, 5.41) is 12.6. The van der Waals surface area contributed by atoms with Gasteiger partial charge in [0.2, 0.25) is 5.91 Å². The van der Waals surface area contributed by atoms with Gasteiger partial charge in [0.1, 0.15) is 0 Å². The summed E-state index contributed by atoms with van der Waals surface area (Å²) in [6.07, 6.45) is 3.08. The molecular formula is C10H18N2O2. The molecule has 1 unspecified atom stereocenters. The Hall–Kier alpha value is -0.610. The fourth-order valence-electron chi connectivity index (χ4n) is 2.44. The highest BCUT2D eigenvalue weighted by Crippen LogP contribution is 2.47. The summed E-state index contributed by atoms with van der Waals surface area (Å²) in [5.74, 6) is 0.816. The summed E-state index contributed by atoms with van der Waals surface area (Å²) >= 11 is 0. The van der Waals surface area contributed by atoms with E-state index in [1.54, 1.807) is 5.01 Å². The molecule has 1 aliphatic heterocycles. The number of nitrogens with zero attached hydrogens (tertiary/aromatic N) is 2. The highest BCUT2D eigenvalue weighted by Gasteiger charge is 2.52. The minimum atomic E-state index is 0.00620. The highest BCUT2D eigenvalue weighted by atomic mass is 16.3. The molecule has 80 valence electrons. The minimum absolute atomic E-state index is 0.00620. The Morgan fingerprint density at radius 2 is 2.21 bits per heavy atom. The third-order valence-corrected chi connectivity index (χ3v) is 3.67. The zero-order valence-electron chi connectivity index (χ0n) is 8.86. The molecule has 2 rings (SSSR count). The van der Waals surface area contributed by atoms with E-state index in [9.17, 15) is 4.79 Å². The Labute approximate surface area is 84.5 Å². The van der Waals surface area contributed by atoms with Crippen LogP contribution in [-0.4, -0.2) is 46.8 Å². The maximum absolute atomic E-state index is 11.7. The van der Waals surface area contributed by atoms with E-state index in [2.05, 4.69) is 6.92 Å². The fourth-order valence-corrected chi connectivity index (χ4v) is 2.44. The number of hydrogen-bond acceptors (Lipinski definition) is 3. The Kier molecular flexibility index (Phi) is 2.27. The standard InChI is InChI=1S/C10H18N2O2/c1-10(8-3-4-8)7-9(14)12(5-6-13)11(10)2/h8,13H,3-7H2,1-2H3. The molecule has 4 heteroatoms. The first-order valence-corrected chi connectivity index (χ1v) is 5.24. The molecule has 0 aromatic rings. The Bertz CT molecular complexity index is 253. The van der Waals surface area contributed by atoms with Gasteiger partial charge in [-0.3, -0.25) is 9.80 Å². The van der Waals surface area contributed by atoms with Crippen LogP contribution in [0.2, 0.25) is 0 Å². The van der Waals surface area contributed by atoms with Crippen LogP contribution < -0.4 is 0 Å². The Morgan fingerprint density at radius 1 is 1.57 bits per heavy atom. The van der Waals surface area contributed by atoms with Gasteiger partial charge in [0.15, 0.2) is 0 Å². The van der Waals surface area contributed by atoms with Gasteiger partial charge < -0.3 is 5.11 Å². The lowest BCUT2D eigenvalue weighted by atomic mass is 9.93. The number of β-amino-alcohol motifs (C(OH)–C–C–N with tert-alkyl or cyclic N) is 1. The average Bonchev–Trinajstić information content (AvgIpc) is 2.92. The molecule has 0 aromatic carbocycles. The molecule has 1 saturated carbocycles. The molecule has 4 nitrogen and oxygen atoms in total. The van der Waals surface area contributed by atoms with E-state index in [0.717, 1.165) is 0 Å². The Balaban J connectivity index is 2.13. The van der Waals surface area contributed by atoms with Gasteiger partial charge in [-0.05, 0) is 25.7 Å². The van der Waals surface area contributed by atoms with E-state index >= 15 is 0 Å². The average molecular weight is 198 g/mol. The molecule has 2 aliphatic rings. The molecule has 14 heavy (non-hydrogen) atoms. The van der Waals surface area contributed by atoms with E-state index in [1.807, 2.05) is 12.1 Å². The third-order valence-electron chi connectivity index (χ3n) is 3.67. The van der Waals surface area contributed by atoms with Crippen molar-refractivity contribution in [2.24, 2.45) is 5.92 Å². The van der Waals surface area contributed by atoms with E-state index in [-0.39, 0.29) is 18.1 Å². The molecule has 1 aliphatic carbocycles. The molecule has 0 radical (unpaired) electrons. The van der Waals surface area contributed by atoms with Gasteiger partial charge in [0.05, 0.1) is 13.2 Å². The number of hydrazine groups is 1. The second-order valence-corrected chi connectivity index (χ2v) is 4.57. The summed E-state index contributed by atoms with van der Waals surface area (Å²) in [5.41, 5.74) is 0.00620. The number of carbonyl (C=O) groups is 1. The lowest BCUT2D eigenvalue weighted by molar-refractivity contribution is -0.139. The van der Waals surface area contributed by atoms with Crippen molar-refractivity contribution in [3.05, 3.63) is 0 Å². The van der Waals surface area contributed by atoms with E-state index in [0.29, 0.717) is 18.9 Å². The summed E-state index contributed by atoms with van der Waals surface area (Å²) in [6, 6.07) is 0. The molecule has 1 saturated heterocycles. The second kappa shape index (κ2) is 3.21. The zero-order chi connectivity index (χ0) is 10.3. The summed E-state index contributed by atoms with van der Waals surface area (Å²) in [4.78, 5) is 11.7. The minimum Gasteiger partial charge on any atom is -0.394 e. The van der Waals surface area contributed by atoms with Crippen molar-refractivity contribution in [3.63, 3.8) is 0 Å². The van der Waals surface area contributed by atoms with Crippen LogP contribution in [0.3, 0.4) is 0 Å². The van der Waals surface area contributed by atoms with Crippen LogP contribution in [0.5, 0.6) is 0 Å². The van der Waals surface area contributed by atoms with Crippen molar-refractivity contribution in [2.75, 3.05) is 20.2 Å². The van der Waals surface area contributed by atoms with Crippen molar-refractivity contribution < 1.29 is 9.90 Å². The van der Waals surface area contributed by atoms with Gasteiger partial charge in [-0.1, -0.05) is 0 Å². The van der Waals surface area contributed by atoms with Crippen LogP contribution >= 0.6 is 0 Å². The van der Waals surface area contributed by atoms with Crippen LogP contribution in [0, 0.1) is 5.92 Å². The molecule has 0 spiro atoms. The highest BCUT2D eigenvalue weighted by molar-refractivity contribution is 5.79. The lowest BCUT2D eigenvalue weighted by Crippen LogP contribution is -2.48. The predicted octanol–water partition coefficient (Wildman–Crippen LogP) is 0.226. The van der Waals surface area contributed by atoms with Crippen molar-refractivity contribution in [1.29, 1.82) is 0 Å². The molecule has 1 amide bonds. The van der Waals surface area contributed by atoms with Crippen molar-refractivity contribution in [2.45, 2.75) is 31.7 Å². The second-order valence-electron chi connectivity index (χ2n) is 4.57. The molecule has 1 heterocycles. The van der Waals surface area contributed by atoms with Gasteiger partial charge in [-0.25, -0.2) is 5.01 Å². The SMILES string of the molecule is CN1N(CCO)C(=O)CC1(C)C1CC1. The smallest absolute Gasteiger partial charge is 0.238 e. The summed E-state index contributed by atoms with van der Waals surface area (Å²) < 4.78 is 0. The van der Waals surface area contributed by atoms with E-state index < -0.39 is 0 Å². The van der Waals surface area contributed by atoms with Crippen molar-refractivity contribution >= 4 is 5.91 Å². The fraction of sp³-hybridized carbons (Fsp3) is 0.900. The molecule has 2 fully saturated rings. The normalized spacial score (nSPS) is 34.2. The lowest BCUT2D eigenvalue weighted by Gasteiger charge is -2.35. The quantitative estimate of drug-likeness (QED) is 0.706. The van der Waals surface area contributed by atoms with Crippen LogP contribution in [0.15, 0.2) is 0 Å².